The molecule has 0 spiro atoms. The Morgan fingerprint density at radius 3 is 2.12 bits per heavy atom. The number of fused-ring (bicyclic) bond motifs is 1. The van der Waals surface area contributed by atoms with Crippen LogP contribution in [-0.4, -0.2) is 10.1 Å². The zero-order valence-electron chi connectivity index (χ0n) is 8.93. The fourth-order valence-corrected chi connectivity index (χ4v) is 2.41. The van der Waals surface area contributed by atoms with E-state index in [0.29, 0.717) is 12.8 Å². The standard InChI is InChI=1S/C14H13NO/c16-14(13-7-3-4-8-15-13)9-11-5-1-2-6-12(11)10-14/h1-8,16H,9-10H2. The van der Waals surface area contributed by atoms with E-state index < -0.39 is 5.60 Å². The van der Waals surface area contributed by atoms with Gasteiger partial charge < -0.3 is 5.11 Å². The molecule has 0 fully saturated rings. The van der Waals surface area contributed by atoms with E-state index in [4.69, 9.17) is 0 Å². The molecule has 0 aliphatic heterocycles. The SMILES string of the molecule is OC1(c2ccccn2)Cc2ccccc2C1. The van der Waals surface area contributed by atoms with E-state index in [2.05, 4.69) is 17.1 Å². The van der Waals surface area contributed by atoms with E-state index in [1.807, 2.05) is 30.3 Å². The number of hydrogen-bond donors (Lipinski definition) is 1. The molecule has 1 heterocycles. The maximum Gasteiger partial charge on any atom is 0.114 e. The first-order valence-electron chi connectivity index (χ1n) is 5.49. The zero-order chi connectivity index (χ0) is 11.0. The second-order valence-corrected chi connectivity index (χ2v) is 4.37. The minimum atomic E-state index is -0.815. The van der Waals surface area contributed by atoms with Crippen molar-refractivity contribution in [3.05, 3.63) is 65.5 Å². The molecule has 1 N–H and O–H groups in total. The van der Waals surface area contributed by atoms with Gasteiger partial charge in [-0.25, -0.2) is 0 Å². The van der Waals surface area contributed by atoms with Crippen LogP contribution in [0, 0.1) is 0 Å². The molecule has 2 aromatic rings. The van der Waals surface area contributed by atoms with Crippen LogP contribution in [-0.2, 0) is 18.4 Å². The van der Waals surface area contributed by atoms with Crippen molar-refractivity contribution in [3.63, 3.8) is 0 Å². The average molecular weight is 211 g/mol. The molecule has 2 heteroatoms. The molecule has 0 saturated heterocycles. The topological polar surface area (TPSA) is 33.1 Å². The molecule has 2 nitrogen and oxygen atoms in total. The lowest BCUT2D eigenvalue weighted by molar-refractivity contribution is 0.0437. The Morgan fingerprint density at radius 2 is 1.56 bits per heavy atom. The molecular formula is C14H13NO. The highest BCUT2D eigenvalue weighted by molar-refractivity contribution is 5.37. The van der Waals surface area contributed by atoms with Crippen molar-refractivity contribution in [1.29, 1.82) is 0 Å². The lowest BCUT2D eigenvalue weighted by atomic mass is 9.95. The number of nitrogens with zero attached hydrogens (tertiary/aromatic N) is 1. The van der Waals surface area contributed by atoms with Crippen molar-refractivity contribution in [2.24, 2.45) is 0 Å². The summed E-state index contributed by atoms with van der Waals surface area (Å²) in [5.74, 6) is 0. The van der Waals surface area contributed by atoms with E-state index in [0.717, 1.165) is 5.69 Å². The van der Waals surface area contributed by atoms with E-state index in [1.165, 1.54) is 11.1 Å². The van der Waals surface area contributed by atoms with Gasteiger partial charge >= 0.3 is 0 Å². The Hall–Kier alpha value is -1.67. The predicted octanol–water partition coefficient (Wildman–Crippen LogP) is 2.07. The second-order valence-electron chi connectivity index (χ2n) is 4.37. The fourth-order valence-electron chi connectivity index (χ4n) is 2.41. The molecule has 80 valence electrons. The van der Waals surface area contributed by atoms with Crippen LogP contribution in [0.4, 0.5) is 0 Å². The molecule has 0 radical (unpaired) electrons. The van der Waals surface area contributed by atoms with Gasteiger partial charge in [-0.2, -0.15) is 0 Å². The van der Waals surface area contributed by atoms with Gasteiger partial charge in [-0.05, 0) is 23.3 Å². The highest BCUT2D eigenvalue weighted by Gasteiger charge is 2.37. The Balaban J connectivity index is 2.01. The normalized spacial score (nSPS) is 17.1. The first kappa shape index (κ1) is 9.55. The number of benzene rings is 1. The molecule has 1 aromatic heterocycles. The van der Waals surface area contributed by atoms with E-state index in [1.54, 1.807) is 6.20 Å². The van der Waals surface area contributed by atoms with Crippen LogP contribution in [0.3, 0.4) is 0 Å². The summed E-state index contributed by atoms with van der Waals surface area (Å²) in [6.07, 6.45) is 3.07. The molecular weight excluding hydrogens is 198 g/mol. The highest BCUT2D eigenvalue weighted by atomic mass is 16.3. The van der Waals surface area contributed by atoms with Crippen LogP contribution < -0.4 is 0 Å². The van der Waals surface area contributed by atoms with Gasteiger partial charge in [0, 0.05) is 19.0 Å². The fraction of sp³-hybridized carbons (Fsp3) is 0.214. The van der Waals surface area contributed by atoms with E-state index in [9.17, 15) is 5.11 Å². The van der Waals surface area contributed by atoms with Gasteiger partial charge in [0.25, 0.3) is 0 Å². The van der Waals surface area contributed by atoms with E-state index >= 15 is 0 Å². The first-order valence-corrected chi connectivity index (χ1v) is 5.49. The minimum Gasteiger partial charge on any atom is -0.383 e. The summed E-state index contributed by atoms with van der Waals surface area (Å²) < 4.78 is 0. The van der Waals surface area contributed by atoms with E-state index in [-0.39, 0.29) is 0 Å². The van der Waals surface area contributed by atoms with Crippen molar-refractivity contribution < 1.29 is 5.11 Å². The van der Waals surface area contributed by atoms with Crippen molar-refractivity contribution >= 4 is 0 Å². The largest absolute Gasteiger partial charge is 0.383 e. The Bertz CT molecular complexity index is 482. The molecule has 1 aliphatic rings. The molecule has 0 bridgehead atoms. The number of rotatable bonds is 1. The third-order valence-electron chi connectivity index (χ3n) is 3.23. The Labute approximate surface area is 94.6 Å². The van der Waals surface area contributed by atoms with Crippen LogP contribution in [0.2, 0.25) is 0 Å². The predicted molar refractivity (Wildman–Crippen MR) is 62.0 cm³/mol. The van der Waals surface area contributed by atoms with Crippen molar-refractivity contribution in [2.45, 2.75) is 18.4 Å². The van der Waals surface area contributed by atoms with Gasteiger partial charge in [-0.3, -0.25) is 4.98 Å². The molecule has 3 rings (SSSR count). The molecule has 0 atom stereocenters. The van der Waals surface area contributed by atoms with Gasteiger partial charge in [0.15, 0.2) is 0 Å². The van der Waals surface area contributed by atoms with Crippen molar-refractivity contribution in [3.8, 4) is 0 Å². The maximum atomic E-state index is 10.6. The summed E-state index contributed by atoms with van der Waals surface area (Å²) >= 11 is 0. The third kappa shape index (κ3) is 1.42. The number of aliphatic hydroxyl groups is 1. The quantitative estimate of drug-likeness (QED) is 0.783. The van der Waals surface area contributed by atoms with Crippen molar-refractivity contribution in [2.75, 3.05) is 0 Å². The highest BCUT2D eigenvalue weighted by Crippen LogP contribution is 2.36. The molecule has 0 amide bonds. The molecule has 16 heavy (non-hydrogen) atoms. The molecule has 0 unspecified atom stereocenters. The Morgan fingerprint density at radius 1 is 0.938 bits per heavy atom. The third-order valence-corrected chi connectivity index (χ3v) is 3.23. The summed E-state index contributed by atoms with van der Waals surface area (Å²) in [7, 11) is 0. The summed E-state index contributed by atoms with van der Waals surface area (Å²) in [4.78, 5) is 4.27. The molecule has 1 aliphatic carbocycles. The summed E-state index contributed by atoms with van der Waals surface area (Å²) in [6, 6.07) is 13.9. The minimum absolute atomic E-state index is 0.667. The van der Waals surface area contributed by atoms with Crippen LogP contribution in [0.25, 0.3) is 0 Å². The lowest BCUT2D eigenvalue weighted by Gasteiger charge is -2.21. The smallest absolute Gasteiger partial charge is 0.114 e. The number of aromatic nitrogens is 1. The second kappa shape index (κ2) is 3.42. The summed E-state index contributed by atoms with van der Waals surface area (Å²) in [6.45, 7) is 0. The average Bonchev–Trinajstić information content (AvgIpc) is 2.68. The van der Waals surface area contributed by atoms with Gasteiger partial charge in [0.05, 0.1) is 5.69 Å². The van der Waals surface area contributed by atoms with Gasteiger partial charge in [-0.15, -0.1) is 0 Å². The van der Waals surface area contributed by atoms with Crippen molar-refractivity contribution in [1.82, 2.24) is 4.98 Å². The molecule has 1 aromatic carbocycles. The molecule has 0 saturated carbocycles. The summed E-state index contributed by atoms with van der Waals surface area (Å²) in [5.41, 5.74) is 2.42. The van der Waals surface area contributed by atoms with Crippen LogP contribution in [0.5, 0.6) is 0 Å². The van der Waals surface area contributed by atoms with Gasteiger partial charge in [0.2, 0.25) is 0 Å². The van der Waals surface area contributed by atoms with Crippen LogP contribution in [0.15, 0.2) is 48.7 Å². The number of hydrogen-bond acceptors (Lipinski definition) is 2. The zero-order valence-corrected chi connectivity index (χ0v) is 8.93. The monoisotopic (exact) mass is 211 g/mol. The van der Waals surface area contributed by atoms with Gasteiger partial charge in [0.1, 0.15) is 5.60 Å². The number of pyridine rings is 1. The summed E-state index contributed by atoms with van der Waals surface area (Å²) in [5, 5.41) is 10.6. The Kier molecular flexibility index (Phi) is 2.04. The lowest BCUT2D eigenvalue weighted by Crippen LogP contribution is -2.27. The first-order chi connectivity index (χ1) is 7.78. The maximum absolute atomic E-state index is 10.6. The van der Waals surface area contributed by atoms with Crippen LogP contribution in [0.1, 0.15) is 16.8 Å². The van der Waals surface area contributed by atoms with Gasteiger partial charge in [-0.1, -0.05) is 30.3 Å². The van der Waals surface area contributed by atoms with Crippen LogP contribution >= 0.6 is 0 Å².